The van der Waals surface area contributed by atoms with Crippen molar-refractivity contribution in [2.75, 3.05) is 23.4 Å². The first-order chi connectivity index (χ1) is 14.8. The van der Waals surface area contributed by atoms with E-state index >= 15 is 0 Å². The van der Waals surface area contributed by atoms with Crippen molar-refractivity contribution < 1.29 is 28.3 Å². The van der Waals surface area contributed by atoms with Gasteiger partial charge in [0.25, 0.3) is 11.8 Å². The molecule has 0 saturated carbocycles. The van der Waals surface area contributed by atoms with Crippen LogP contribution in [0.25, 0.3) is 0 Å². The number of nitrogens with zero attached hydrogens (tertiary/aromatic N) is 1. The molecular formula is C22H25N3O6. The van der Waals surface area contributed by atoms with Gasteiger partial charge in [-0.15, -0.1) is 0 Å². The molecule has 3 amide bonds. The van der Waals surface area contributed by atoms with Crippen LogP contribution in [0.5, 0.6) is 0 Å². The highest BCUT2D eigenvalue weighted by atomic mass is 16.5. The summed E-state index contributed by atoms with van der Waals surface area (Å²) < 4.78 is 10.1. The molecule has 9 nitrogen and oxygen atoms in total. The molecule has 0 bridgehead atoms. The van der Waals surface area contributed by atoms with Crippen LogP contribution in [-0.2, 0) is 19.1 Å². The number of hydrogen-bond donors (Lipinski definition) is 2. The first-order valence-electron chi connectivity index (χ1n) is 10.1. The first kappa shape index (κ1) is 22.1. The van der Waals surface area contributed by atoms with Gasteiger partial charge in [-0.05, 0) is 42.7 Å². The molecule has 3 rings (SSSR count). The van der Waals surface area contributed by atoms with E-state index in [1.54, 1.807) is 49.1 Å². The van der Waals surface area contributed by atoms with Gasteiger partial charge < -0.3 is 24.7 Å². The third kappa shape index (κ3) is 5.71. The lowest BCUT2D eigenvalue weighted by atomic mass is 10.0. The fraction of sp³-hybridized carbons (Fsp3) is 0.364. The third-order valence-electron chi connectivity index (χ3n) is 4.81. The van der Waals surface area contributed by atoms with Crippen LogP contribution in [0.3, 0.4) is 0 Å². The minimum absolute atomic E-state index is 0.0497. The SMILES string of the molecule is CC(C)[C@H](NC(=O)c1ccco1)C(=O)OCC(=O)Nc1cccc(N2CCCC2=O)c1. The molecule has 9 heteroatoms. The summed E-state index contributed by atoms with van der Waals surface area (Å²) in [7, 11) is 0. The van der Waals surface area contributed by atoms with Crippen LogP contribution in [0, 0.1) is 5.92 Å². The van der Waals surface area contributed by atoms with E-state index in [0.29, 0.717) is 24.3 Å². The highest BCUT2D eigenvalue weighted by molar-refractivity contribution is 5.98. The summed E-state index contributed by atoms with van der Waals surface area (Å²) >= 11 is 0. The van der Waals surface area contributed by atoms with Gasteiger partial charge in [0.15, 0.2) is 12.4 Å². The second-order valence-corrected chi connectivity index (χ2v) is 7.53. The lowest BCUT2D eigenvalue weighted by Crippen LogP contribution is -2.45. The molecule has 2 N–H and O–H groups in total. The Bertz CT molecular complexity index is 954. The Morgan fingerprint density at radius 1 is 1.19 bits per heavy atom. The maximum Gasteiger partial charge on any atom is 0.329 e. The Morgan fingerprint density at radius 2 is 2.00 bits per heavy atom. The number of nitrogens with one attached hydrogen (secondary N) is 2. The van der Waals surface area contributed by atoms with Crippen LogP contribution in [-0.4, -0.2) is 42.9 Å². The standard InChI is InChI=1S/C22H25N3O6/c1-14(2)20(24-21(28)17-8-5-11-30-17)22(29)31-13-18(26)23-15-6-3-7-16(12-15)25-10-4-9-19(25)27/h3,5-8,11-12,14,20H,4,9-10,13H2,1-2H3,(H,23,26)(H,24,28)/t20-/m0/s1. The number of hydrogen-bond acceptors (Lipinski definition) is 6. The number of amides is 3. The highest BCUT2D eigenvalue weighted by Crippen LogP contribution is 2.24. The van der Waals surface area contributed by atoms with Crippen molar-refractivity contribution >= 4 is 35.1 Å². The number of furan rings is 1. The molecular weight excluding hydrogens is 402 g/mol. The summed E-state index contributed by atoms with van der Waals surface area (Å²) in [6, 6.07) is 9.03. The molecule has 1 saturated heterocycles. The average Bonchev–Trinajstić information content (AvgIpc) is 3.42. The van der Waals surface area contributed by atoms with E-state index in [1.807, 2.05) is 0 Å². The summed E-state index contributed by atoms with van der Waals surface area (Å²) in [6.07, 6.45) is 2.68. The number of carbonyl (C=O) groups excluding carboxylic acids is 4. The van der Waals surface area contributed by atoms with Crippen molar-refractivity contribution in [1.82, 2.24) is 5.32 Å². The number of anilines is 2. The molecule has 1 aromatic carbocycles. The Balaban J connectivity index is 1.53. The van der Waals surface area contributed by atoms with Crippen molar-refractivity contribution in [3.63, 3.8) is 0 Å². The third-order valence-corrected chi connectivity index (χ3v) is 4.81. The van der Waals surface area contributed by atoms with Gasteiger partial charge in [0, 0.05) is 24.3 Å². The Labute approximate surface area is 179 Å². The van der Waals surface area contributed by atoms with E-state index in [1.165, 1.54) is 12.3 Å². The fourth-order valence-electron chi connectivity index (χ4n) is 3.21. The predicted molar refractivity (Wildman–Crippen MR) is 112 cm³/mol. The maximum absolute atomic E-state index is 12.4. The lowest BCUT2D eigenvalue weighted by molar-refractivity contribution is -0.150. The number of carbonyl (C=O) groups is 4. The quantitative estimate of drug-likeness (QED) is 0.625. The van der Waals surface area contributed by atoms with E-state index < -0.39 is 30.4 Å². The van der Waals surface area contributed by atoms with Gasteiger partial charge in [-0.3, -0.25) is 14.4 Å². The van der Waals surface area contributed by atoms with E-state index in [-0.39, 0.29) is 17.6 Å². The summed E-state index contributed by atoms with van der Waals surface area (Å²) in [5.74, 6) is -1.93. The van der Waals surface area contributed by atoms with Gasteiger partial charge in [-0.1, -0.05) is 19.9 Å². The van der Waals surface area contributed by atoms with Gasteiger partial charge in [0.2, 0.25) is 5.91 Å². The minimum Gasteiger partial charge on any atom is -0.459 e. The van der Waals surface area contributed by atoms with Gasteiger partial charge in [0.1, 0.15) is 6.04 Å². The number of rotatable bonds is 8. The fourth-order valence-corrected chi connectivity index (χ4v) is 3.21. The van der Waals surface area contributed by atoms with Crippen LogP contribution in [0.2, 0.25) is 0 Å². The smallest absolute Gasteiger partial charge is 0.329 e. The molecule has 1 aromatic heterocycles. The van der Waals surface area contributed by atoms with E-state index in [2.05, 4.69) is 10.6 Å². The summed E-state index contributed by atoms with van der Waals surface area (Å²) in [5.41, 5.74) is 1.20. The molecule has 0 spiro atoms. The van der Waals surface area contributed by atoms with Gasteiger partial charge in [-0.2, -0.15) is 0 Å². The zero-order chi connectivity index (χ0) is 22.4. The number of ether oxygens (including phenoxy) is 1. The molecule has 0 aliphatic carbocycles. The minimum atomic E-state index is -0.935. The largest absolute Gasteiger partial charge is 0.459 e. The molecule has 164 valence electrons. The molecule has 2 aromatic rings. The summed E-state index contributed by atoms with van der Waals surface area (Å²) in [5, 5.41) is 5.21. The summed E-state index contributed by atoms with van der Waals surface area (Å²) in [4.78, 5) is 50.4. The lowest BCUT2D eigenvalue weighted by Gasteiger charge is -2.20. The van der Waals surface area contributed by atoms with Crippen LogP contribution < -0.4 is 15.5 Å². The van der Waals surface area contributed by atoms with Crippen LogP contribution in [0.15, 0.2) is 47.1 Å². The molecule has 31 heavy (non-hydrogen) atoms. The topological polar surface area (TPSA) is 118 Å². The zero-order valence-corrected chi connectivity index (χ0v) is 17.4. The van der Waals surface area contributed by atoms with Crippen molar-refractivity contribution in [1.29, 1.82) is 0 Å². The van der Waals surface area contributed by atoms with Crippen molar-refractivity contribution in [3.05, 3.63) is 48.4 Å². The van der Waals surface area contributed by atoms with Gasteiger partial charge in [-0.25, -0.2) is 4.79 Å². The molecule has 0 unspecified atom stereocenters. The normalized spacial score (nSPS) is 14.4. The number of esters is 1. The monoisotopic (exact) mass is 427 g/mol. The van der Waals surface area contributed by atoms with E-state index in [9.17, 15) is 19.2 Å². The Morgan fingerprint density at radius 3 is 2.65 bits per heavy atom. The summed E-state index contributed by atoms with van der Waals surface area (Å²) in [6.45, 7) is 3.64. The van der Waals surface area contributed by atoms with Crippen LogP contribution in [0.1, 0.15) is 37.2 Å². The number of benzene rings is 1. The molecule has 1 aliphatic rings. The highest BCUT2D eigenvalue weighted by Gasteiger charge is 2.27. The molecule has 0 radical (unpaired) electrons. The molecule has 1 aliphatic heterocycles. The van der Waals surface area contributed by atoms with E-state index in [0.717, 1.165) is 6.42 Å². The maximum atomic E-state index is 12.4. The zero-order valence-electron chi connectivity index (χ0n) is 17.4. The average molecular weight is 427 g/mol. The second kappa shape index (κ2) is 9.92. The van der Waals surface area contributed by atoms with Gasteiger partial charge in [0.05, 0.1) is 6.26 Å². The van der Waals surface area contributed by atoms with Crippen LogP contribution >= 0.6 is 0 Å². The van der Waals surface area contributed by atoms with E-state index in [4.69, 9.17) is 9.15 Å². The molecule has 2 heterocycles. The van der Waals surface area contributed by atoms with Crippen molar-refractivity contribution in [2.45, 2.75) is 32.7 Å². The second-order valence-electron chi connectivity index (χ2n) is 7.53. The predicted octanol–water partition coefficient (Wildman–Crippen LogP) is 2.34. The first-order valence-corrected chi connectivity index (χ1v) is 10.1. The van der Waals surface area contributed by atoms with Crippen molar-refractivity contribution in [3.8, 4) is 0 Å². The molecule has 1 fully saturated rings. The van der Waals surface area contributed by atoms with Gasteiger partial charge >= 0.3 is 5.97 Å². The van der Waals surface area contributed by atoms with Crippen LogP contribution in [0.4, 0.5) is 11.4 Å². The Kier molecular flexibility index (Phi) is 7.07. The Hall–Kier alpha value is -3.62. The van der Waals surface area contributed by atoms with Crippen molar-refractivity contribution in [2.24, 2.45) is 5.92 Å². The molecule has 1 atom stereocenters.